The van der Waals surface area contributed by atoms with E-state index in [1.807, 2.05) is 19.2 Å². The number of hydrogen-bond acceptors (Lipinski definition) is 1. The van der Waals surface area contributed by atoms with Crippen LogP contribution >= 0.6 is 0 Å². The summed E-state index contributed by atoms with van der Waals surface area (Å²) in [6.45, 7) is 0. The van der Waals surface area contributed by atoms with E-state index in [0.29, 0.717) is 12.0 Å². The molecule has 0 saturated heterocycles. The van der Waals surface area contributed by atoms with Crippen LogP contribution in [0.3, 0.4) is 0 Å². The van der Waals surface area contributed by atoms with Crippen LogP contribution in [0.4, 0.5) is 4.39 Å². The van der Waals surface area contributed by atoms with Gasteiger partial charge in [0.15, 0.2) is 0 Å². The molecule has 1 N–H and O–H groups in total. The molecule has 0 aromatic heterocycles. The summed E-state index contributed by atoms with van der Waals surface area (Å²) in [6.07, 6.45) is 9.40. The fraction of sp³-hybridized carbons (Fsp3) is 0.625. The molecule has 0 bridgehead atoms. The highest BCUT2D eigenvalue weighted by Gasteiger charge is 2.22. The van der Waals surface area contributed by atoms with Crippen molar-refractivity contribution in [3.63, 3.8) is 0 Å². The van der Waals surface area contributed by atoms with Crippen molar-refractivity contribution < 1.29 is 4.39 Å². The molecule has 2 rings (SSSR count). The molecular weight excluding hydrogens is 225 g/mol. The summed E-state index contributed by atoms with van der Waals surface area (Å²) in [4.78, 5) is 0. The van der Waals surface area contributed by atoms with Crippen LogP contribution in [-0.2, 0) is 0 Å². The Morgan fingerprint density at radius 3 is 2.11 bits per heavy atom. The molecule has 1 aliphatic carbocycles. The Labute approximate surface area is 110 Å². The van der Waals surface area contributed by atoms with E-state index in [4.69, 9.17) is 0 Å². The molecule has 1 nitrogen and oxygen atoms in total. The molecule has 18 heavy (non-hydrogen) atoms. The van der Waals surface area contributed by atoms with E-state index in [0.717, 1.165) is 0 Å². The van der Waals surface area contributed by atoms with E-state index in [1.54, 1.807) is 12.1 Å². The molecule has 100 valence electrons. The van der Waals surface area contributed by atoms with E-state index in [9.17, 15) is 4.39 Å². The molecule has 1 fully saturated rings. The Kier molecular flexibility index (Phi) is 5.18. The lowest BCUT2D eigenvalue weighted by Gasteiger charge is -2.29. The van der Waals surface area contributed by atoms with Crippen LogP contribution in [0.2, 0.25) is 0 Å². The largest absolute Gasteiger partial charge is 0.313 e. The zero-order valence-corrected chi connectivity index (χ0v) is 11.3. The van der Waals surface area contributed by atoms with Crippen LogP contribution in [0.5, 0.6) is 0 Å². The predicted molar refractivity (Wildman–Crippen MR) is 74.0 cm³/mol. The van der Waals surface area contributed by atoms with Gasteiger partial charge in [0.2, 0.25) is 0 Å². The Hall–Kier alpha value is -0.890. The van der Waals surface area contributed by atoms with Gasteiger partial charge in [-0.15, -0.1) is 0 Å². The Morgan fingerprint density at radius 2 is 1.56 bits per heavy atom. The second kappa shape index (κ2) is 6.89. The fourth-order valence-corrected chi connectivity index (χ4v) is 3.17. The van der Waals surface area contributed by atoms with Crippen LogP contribution in [0.25, 0.3) is 0 Å². The number of nitrogens with one attached hydrogen (secondary N) is 1. The summed E-state index contributed by atoms with van der Waals surface area (Å²) in [5.74, 6) is 0.548. The maximum Gasteiger partial charge on any atom is 0.123 e. The lowest BCUT2D eigenvalue weighted by molar-refractivity contribution is 0.299. The quantitative estimate of drug-likeness (QED) is 0.834. The highest BCUT2D eigenvalue weighted by atomic mass is 19.1. The molecule has 2 heteroatoms. The van der Waals surface area contributed by atoms with E-state index < -0.39 is 0 Å². The van der Waals surface area contributed by atoms with E-state index in [-0.39, 0.29) is 5.82 Å². The smallest absolute Gasteiger partial charge is 0.123 e. The van der Waals surface area contributed by atoms with Gasteiger partial charge in [-0.3, -0.25) is 0 Å². The van der Waals surface area contributed by atoms with Crippen molar-refractivity contribution in [3.05, 3.63) is 35.6 Å². The standard InChI is InChI=1S/C16H24FN/c1-18-16(14-9-11-15(17)12-10-14)13-7-5-3-2-4-6-8-13/h9-13,16,18H,2-8H2,1H3. The third kappa shape index (κ3) is 3.55. The van der Waals surface area contributed by atoms with Gasteiger partial charge in [0.1, 0.15) is 5.82 Å². The van der Waals surface area contributed by atoms with Crippen molar-refractivity contribution in [1.29, 1.82) is 0 Å². The Bertz CT molecular complexity index is 339. The lowest BCUT2D eigenvalue weighted by Crippen LogP contribution is -2.26. The molecule has 1 aromatic rings. The van der Waals surface area contributed by atoms with Crippen LogP contribution in [0, 0.1) is 11.7 Å². The van der Waals surface area contributed by atoms with Gasteiger partial charge >= 0.3 is 0 Å². The molecule has 0 aliphatic heterocycles. The van der Waals surface area contributed by atoms with E-state index >= 15 is 0 Å². The summed E-state index contributed by atoms with van der Waals surface area (Å²) >= 11 is 0. The molecule has 0 amide bonds. The zero-order chi connectivity index (χ0) is 12.8. The predicted octanol–water partition coefficient (Wildman–Crippen LogP) is 4.45. The first-order chi connectivity index (χ1) is 8.81. The maximum atomic E-state index is 13.0. The molecular formula is C16H24FN. The van der Waals surface area contributed by atoms with Gasteiger partial charge in [0, 0.05) is 6.04 Å². The topological polar surface area (TPSA) is 12.0 Å². The zero-order valence-electron chi connectivity index (χ0n) is 11.3. The summed E-state index contributed by atoms with van der Waals surface area (Å²) in [7, 11) is 2.02. The maximum absolute atomic E-state index is 13.0. The van der Waals surface area contributed by atoms with Crippen molar-refractivity contribution in [3.8, 4) is 0 Å². The molecule has 1 atom stereocenters. The normalized spacial score (nSPS) is 20.1. The molecule has 1 unspecified atom stereocenters. The molecule has 1 aliphatic rings. The van der Waals surface area contributed by atoms with Crippen molar-refractivity contribution in [1.82, 2.24) is 5.32 Å². The molecule has 0 radical (unpaired) electrons. The van der Waals surface area contributed by atoms with Crippen LogP contribution in [0.1, 0.15) is 56.6 Å². The summed E-state index contributed by atoms with van der Waals surface area (Å²) in [6, 6.07) is 7.37. The fourth-order valence-electron chi connectivity index (χ4n) is 3.17. The van der Waals surface area contributed by atoms with Gasteiger partial charge in [0.05, 0.1) is 0 Å². The summed E-state index contributed by atoms with van der Waals surface area (Å²) in [5, 5.41) is 3.43. The van der Waals surface area contributed by atoms with Crippen LogP contribution in [-0.4, -0.2) is 7.05 Å². The number of hydrogen-bond donors (Lipinski definition) is 1. The first-order valence-corrected chi connectivity index (χ1v) is 7.24. The number of rotatable bonds is 3. The van der Waals surface area contributed by atoms with Crippen molar-refractivity contribution in [2.75, 3.05) is 7.05 Å². The van der Waals surface area contributed by atoms with Gasteiger partial charge < -0.3 is 5.32 Å². The van der Waals surface area contributed by atoms with Gasteiger partial charge in [-0.25, -0.2) is 4.39 Å². The van der Waals surface area contributed by atoms with Gasteiger partial charge in [-0.2, -0.15) is 0 Å². The second-order valence-corrected chi connectivity index (χ2v) is 5.42. The SMILES string of the molecule is CNC(c1ccc(F)cc1)C1CCCCCCC1. The Morgan fingerprint density at radius 1 is 1.00 bits per heavy atom. The summed E-state index contributed by atoms with van der Waals surface area (Å²) in [5.41, 5.74) is 1.23. The lowest BCUT2D eigenvalue weighted by atomic mass is 9.83. The first-order valence-electron chi connectivity index (χ1n) is 7.24. The minimum absolute atomic E-state index is 0.147. The molecule has 0 spiro atoms. The molecule has 1 aromatic carbocycles. The van der Waals surface area contributed by atoms with Crippen LogP contribution in [0.15, 0.2) is 24.3 Å². The minimum atomic E-state index is -0.147. The first kappa shape index (κ1) is 13.5. The molecule has 1 saturated carbocycles. The minimum Gasteiger partial charge on any atom is -0.313 e. The average Bonchev–Trinajstić information content (AvgIpc) is 2.34. The number of benzene rings is 1. The van der Waals surface area contributed by atoms with Crippen molar-refractivity contribution in [2.24, 2.45) is 5.92 Å². The third-order valence-electron chi connectivity index (χ3n) is 4.16. The third-order valence-corrected chi connectivity index (χ3v) is 4.16. The average molecular weight is 249 g/mol. The van der Waals surface area contributed by atoms with Crippen LogP contribution < -0.4 is 5.32 Å². The van der Waals surface area contributed by atoms with Gasteiger partial charge in [-0.05, 0) is 43.5 Å². The van der Waals surface area contributed by atoms with Crippen molar-refractivity contribution in [2.45, 2.75) is 51.0 Å². The van der Waals surface area contributed by atoms with Gasteiger partial charge in [0.25, 0.3) is 0 Å². The van der Waals surface area contributed by atoms with E-state index in [2.05, 4.69) is 5.32 Å². The second-order valence-electron chi connectivity index (χ2n) is 5.42. The summed E-state index contributed by atoms with van der Waals surface area (Å²) < 4.78 is 13.0. The molecule has 0 heterocycles. The van der Waals surface area contributed by atoms with E-state index in [1.165, 1.54) is 50.5 Å². The highest BCUT2D eigenvalue weighted by molar-refractivity contribution is 5.20. The monoisotopic (exact) mass is 249 g/mol. The Balaban J connectivity index is 2.08. The van der Waals surface area contributed by atoms with Gasteiger partial charge in [-0.1, -0.05) is 44.2 Å². The number of halogens is 1. The van der Waals surface area contributed by atoms with Crippen molar-refractivity contribution >= 4 is 0 Å². The highest BCUT2D eigenvalue weighted by Crippen LogP contribution is 2.32.